The van der Waals surface area contributed by atoms with Gasteiger partial charge in [0.05, 0.1) is 22.7 Å². The topological polar surface area (TPSA) is 90.1 Å². The van der Waals surface area contributed by atoms with E-state index in [0.29, 0.717) is 26.9 Å². The van der Waals surface area contributed by atoms with Crippen LogP contribution < -0.4 is 11.0 Å². The molecule has 1 amide bonds. The summed E-state index contributed by atoms with van der Waals surface area (Å²) < 4.78 is 0. The zero-order valence-electron chi connectivity index (χ0n) is 11.0. The van der Waals surface area contributed by atoms with Crippen molar-refractivity contribution in [2.24, 2.45) is 5.10 Å². The van der Waals surface area contributed by atoms with Gasteiger partial charge < -0.3 is 5.10 Å². The number of benzene rings is 1. The van der Waals surface area contributed by atoms with E-state index in [1.165, 1.54) is 6.21 Å². The predicted molar refractivity (Wildman–Crippen MR) is 82.1 cm³/mol. The number of nitrogens with one attached hydrogen (secondary N) is 3. The van der Waals surface area contributed by atoms with Gasteiger partial charge in [0.25, 0.3) is 5.56 Å². The number of nitrogens with zero attached hydrogens (tertiary/aromatic N) is 1. The van der Waals surface area contributed by atoms with Crippen molar-refractivity contribution < 1.29 is 4.79 Å². The molecular weight excluding hydrogens is 315 g/mol. The fourth-order valence-electron chi connectivity index (χ4n) is 1.66. The molecule has 1 aromatic carbocycles. The highest BCUT2D eigenvalue weighted by molar-refractivity contribution is 6.42. The van der Waals surface area contributed by atoms with E-state index in [4.69, 9.17) is 23.2 Å². The molecule has 0 unspecified atom stereocenters. The van der Waals surface area contributed by atoms with Gasteiger partial charge in [0.1, 0.15) is 0 Å². The highest BCUT2D eigenvalue weighted by atomic mass is 35.5. The Hall–Kier alpha value is -2.05. The maximum atomic E-state index is 11.7. The molecule has 0 fully saturated rings. The molecule has 1 aromatic heterocycles. The van der Waals surface area contributed by atoms with Gasteiger partial charge in [0.15, 0.2) is 0 Å². The van der Waals surface area contributed by atoms with Gasteiger partial charge in [-0.15, -0.1) is 0 Å². The Balaban J connectivity index is 1.96. The highest BCUT2D eigenvalue weighted by Crippen LogP contribution is 2.21. The van der Waals surface area contributed by atoms with Crippen molar-refractivity contribution in [3.8, 4) is 0 Å². The summed E-state index contributed by atoms with van der Waals surface area (Å²) in [6, 6.07) is 4.97. The molecule has 0 atom stereocenters. The minimum absolute atomic E-state index is 0.0522. The summed E-state index contributed by atoms with van der Waals surface area (Å²) >= 11 is 11.7. The molecular formula is C13H12Cl2N4O2. The maximum Gasteiger partial charge on any atom is 0.267 e. The molecule has 110 valence electrons. The first-order chi connectivity index (χ1) is 9.97. The molecule has 1 heterocycles. The van der Waals surface area contributed by atoms with Crippen LogP contribution >= 0.6 is 23.2 Å². The quantitative estimate of drug-likeness (QED) is 0.592. The van der Waals surface area contributed by atoms with Crippen LogP contribution in [-0.4, -0.2) is 22.3 Å². The number of halogens is 2. The second-order valence-electron chi connectivity index (χ2n) is 4.33. The number of carbonyl (C=O) groups is 1. The van der Waals surface area contributed by atoms with Gasteiger partial charge in [-0.05, 0) is 24.6 Å². The predicted octanol–water partition coefficient (Wildman–Crippen LogP) is 2.01. The molecule has 0 saturated heterocycles. The van der Waals surface area contributed by atoms with E-state index in [1.807, 2.05) is 0 Å². The summed E-state index contributed by atoms with van der Waals surface area (Å²) in [7, 11) is 0. The van der Waals surface area contributed by atoms with Gasteiger partial charge in [-0.2, -0.15) is 5.10 Å². The van der Waals surface area contributed by atoms with Gasteiger partial charge >= 0.3 is 0 Å². The lowest BCUT2D eigenvalue weighted by atomic mass is 10.2. The number of carbonyl (C=O) groups excluding carboxylic acids is 1. The third-order valence-corrected chi connectivity index (χ3v) is 3.51. The molecule has 0 radical (unpaired) electrons. The van der Waals surface area contributed by atoms with E-state index < -0.39 is 0 Å². The van der Waals surface area contributed by atoms with Gasteiger partial charge in [-0.25, -0.2) is 5.43 Å². The number of hydrazone groups is 1. The molecule has 21 heavy (non-hydrogen) atoms. The second kappa shape index (κ2) is 6.60. The molecule has 0 aliphatic rings. The Bertz CT molecular complexity index is 749. The molecule has 8 heteroatoms. The summed E-state index contributed by atoms with van der Waals surface area (Å²) in [5, 5.41) is 9.71. The molecule has 0 aliphatic carbocycles. The van der Waals surface area contributed by atoms with E-state index in [0.717, 1.165) is 0 Å². The van der Waals surface area contributed by atoms with E-state index in [9.17, 15) is 9.59 Å². The second-order valence-corrected chi connectivity index (χ2v) is 5.14. The van der Waals surface area contributed by atoms with Crippen molar-refractivity contribution in [3.05, 3.63) is 55.4 Å². The largest absolute Gasteiger partial charge is 0.302 e. The molecule has 2 rings (SSSR count). The maximum absolute atomic E-state index is 11.7. The van der Waals surface area contributed by atoms with Crippen LogP contribution in [0.15, 0.2) is 28.1 Å². The van der Waals surface area contributed by atoms with E-state index >= 15 is 0 Å². The van der Waals surface area contributed by atoms with Crippen molar-refractivity contribution in [3.63, 3.8) is 0 Å². The molecule has 3 N–H and O–H groups in total. The zero-order chi connectivity index (χ0) is 15.4. The Morgan fingerprint density at radius 1 is 1.33 bits per heavy atom. The molecule has 6 nitrogen and oxygen atoms in total. The normalized spacial score (nSPS) is 11.0. The van der Waals surface area contributed by atoms with Crippen molar-refractivity contribution >= 4 is 35.3 Å². The molecule has 0 bridgehead atoms. The fourth-order valence-corrected chi connectivity index (χ4v) is 1.96. The number of hydrogen-bond acceptors (Lipinski definition) is 3. The third-order valence-electron chi connectivity index (χ3n) is 2.77. The lowest BCUT2D eigenvalue weighted by Gasteiger charge is -1.99. The SMILES string of the molecule is Cc1[nH][nH]c(=O)c1CC(=O)NN=Cc1ccc(Cl)c(Cl)c1. The number of aromatic amines is 2. The summed E-state index contributed by atoms with van der Waals surface area (Å²) in [6.45, 7) is 1.71. The van der Waals surface area contributed by atoms with Crippen LogP contribution in [0.1, 0.15) is 16.8 Å². The Morgan fingerprint density at radius 2 is 2.10 bits per heavy atom. The van der Waals surface area contributed by atoms with Crippen LogP contribution in [-0.2, 0) is 11.2 Å². The molecule has 0 aliphatic heterocycles. The van der Waals surface area contributed by atoms with Crippen LogP contribution in [0.25, 0.3) is 0 Å². The highest BCUT2D eigenvalue weighted by Gasteiger charge is 2.10. The zero-order valence-corrected chi connectivity index (χ0v) is 12.5. The van der Waals surface area contributed by atoms with Gasteiger partial charge in [-0.1, -0.05) is 29.3 Å². The first-order valence-electron chi connectivity index (χ1n) is 6.00. The minimum Gasteiger partial charge on any atom is -0.302 e. The lowest BCUT2D eigenvalue weighted by molar-refractivity contribution is -0.120. The lowest BCUT2D eigenvalue weighted by Crippen LogP contribution is -2.23. The van der Waals surface area contributed by atoms with Gasteiger partial charge in [0.2, 0.25) is 5.91 Å². The van der Waals surface area contributed by atoms with Gasteiger partial charge in [-0.3, -0.25) is 14.7 Å². The Labute approximate surface area is 130 Å². The Kier molecular flexibility index (Phi) is 4.82. The fraction of sp³-hybridized carbons (Fsp3) is 0.154. The minimum atomic E-state index is -0.389. The van der Waals surface area contributed by atoms with Crippen molar-refractivity contribution in [2.75, 3.05) is 0 Å². The average Bonchev–Trinajstić information content (AvgIpc) is 2.75. The van der Waals surface area contributed by atoms with Crippen molar-refractivity contribution in [1.29, 1.82) is 0 Å². The summed E-state index contributed by atoms with van der Waals surface area (Å²) in [5.74, 6) is -0.389. The van der Waals surface area contributed by atoms with E-state index in [-0.39, 0.29) is 17.9 Å². The average molecular weight is 327 g/mol. The molecule has 0 spiro atoms. The van der Waals surface area contributed by atoms with E-state index in [2.05, 4.69) is 20.7 Å². The first kappa shape index (κ1) is 15.3. The summed E-state index contributed by atoms with van der Waals surface area (Å²) in [6.07, 6.45) is 1.39. The van der Waals surface area contributed by atoms with Crippen LogP contribution in [0, 0.1) is 6.92 Å². The van der Waals surface area contributed by atoms with Crippen molar-refractivity contribution in [2.45, 2.75) is 13.3 Å². The third kappa shape index (κ3) is 3.96. The number of amides is 1. The van der Waals surface area contributed by atoms with Crippen LogP contribution in [0.3, 0.4) is 0 Å². The molecule has 2 aromatic rings. The first-order valence-corrected chi connectivity index (χ1v) is 6.76. The number of rotatable bonds is 4. The Morgan fingerprint density at radius 3 is 2.71 bits per heavy atom. The van der Waals surface area contributed by atoms with E-state index in [1.54, 1.807) is 25.1 Å². The number of aromatic nitrogens is 2. The van der Waals surface area contributed by atoms with Crippen LogP contribution in [0.4, 0.5) is 0 Å². The van der Waals surface area contributed by atoms with Gasteiger partial charge in [0, 0.05) is 11.3 Å². The number of H-pyrrole nitrogens is 2. The van der Waals surface area contributed by atoms with Crippen molar-refractivity contribution in [1.82, 2.24) is 15.6 Å². The molecule has 0 saturated carbocycles. The summed E-state index contributed by atoms with van der Waals surface area (Å²) in [5.41, 5.74) is 3.75. The smallest absolute Gasteiger partial charge is 0.267 e. The number of hydrogen-bond donors (Lipinski definition) is 3. The van der Waals surface area contributed by atoms with Crippen LogP contribution in [0.2, 0.25) is 10.0 Å². The number of aryl methyl sites for hydroxylation is 1. The summed E-state index contributed by atoms with van der Waals surface area (Å²) in [4.78, 5) is 23.1. The monoisotopic (exact) mass is 326 g/mol. The standard InChI is InChI=1S/C13H12Cl2N4O2/c1-7-9(13(21)19-17-7)5-12(20)18-16-6-8-2-3-10(14)11(15)4-8/h2-4,6H,5H2,1H3,(H,18,20)(H2,17,19,21). The van der Waals surface area contributed by atoms with Crippen LogP contribution in [0.5, 0.6) is 0 Å².